The minimum absolute atomic E-state index is 0.124. The minimum atomic E-state index is -3.69. The van der Waals surface area contributed by atoms with Gasteiger partial charge in [0.1, 0.15) is 0 Å². The van der Waals surface area contributed by atoms with E-state index in [4.69, 9.17) is 4.98 Å². The Hall–Kier alpha value is -3.10. The number of hydrogen-bond acceptors (Lipinski definition) is 5. The van der Waals surface area contributed by atoms with Crippen molar-refractivity contribution < 1.29 is 13.2 Å². The van der Waals surface area contributed by atoms with E-state index in [1.54, 1.807) is 30.6 Å². The third-order valence-corrected chi connectivity index (χ3v) is 7.69. The lowest BCUT2D eigenvalue weighted by atomic mass is 9.97. The van der Waals surface area contributed by atoms with Gasteiger partial charge in [0.25, 0.3) is 5.91 Å². The van der Waals surface area contributed by atoms with Crippen molar-refractivity contribution in [3.05, 3.63) is 66.0 Å². The number of fused-ring (bicyclic) bond motifs is 1. The summed E-state index contributed by atoms with van der Waals surface area (Å²) in [6, 6.07) is 10.2. The highest BCUT2D eigenvalue weighted by atomic mass is 32.2. The number of carbonyl (C=O) groups is 1. The van der Waals surface area contributed by atoms with Gasteiger partial charge < -0.3 is 5.32 Å². The van der Waals surface area contributed by atoms with Crippen LogP contribution in [0.2, 0.25) is 0 Å². The Kier molecular flexibility index (Phi) is 8.25. The number of unbranched alkanes of at least 4 members (excludes halogenated alkanes) is 1. The summed E-state index contributed by atoms with van der Waals surface area (Å²) in [7, 11) is -3.69. The van der Waals surface area contributed by atoms with E-state index in [0.717, 1.165) is 37.7 Å². The fourth-order valence-electron chi connectivity index (χ4n) is 4.25. The number of hydrogen-bond donors (Lipinski definition) is 2. The van der Waals surface area contributed by atoms with Gasteiger partial charge in [0.2, 0.25) is 10.0 Å². The van der Waals surface area contributed by atoms with E-state index in [2.05, 4.69) is 21.1 Å². The van der Waals surface area contributed by atoms with Gasteiger partial charge in [0.15, 0.2) is 0 Å². The lowest BCUT2D eigenvalue weighted by Gasteiger charge is -2.14. The van der Waals surface area contributed by atoms with Gasteiger partial charge in [-0.05, 0) is 74.9 Å². The number of amides is 1. The van der Waals surface area contributed by atoms with E-state index in [1.165, 1.54) is 24.5 Å². The average Bonchev–Trinajstić information content (AvgIpc) is 2.89. The molecule has 1 amide bonds. The van der Waals surface area contributed by atoms with Crippen LogP contribution in [0.4, 0.5) is 0 Å². The van der Waals surface area contributed by atoms with Gasteiger partial charge in [-0.1, -0.05) is 25.0 Å². The first-order valence-electron chi connectivity index (χ1n) is 12.3. The van der Waals surface area contributed by atoms with Crippen LogP contribution in [0.3, 0.4) is 0 Å². The monoisotopic (exact) mass is 492 g/mol. The van der Waals surface area contributed by atoms with Crippen LogP contribution in [-0.2, 0) is 10.0 Å². The maximum atomic E-state index is 13.3. The molecule has 2 heterocycles. The van der Waals surface area contributed by atoms with Crippen LogP contribution < -0.4 is 10.0 Å². The molecule has 35 heavy (non-hydrogen) atoms. The third kappa shape index (κ3) is 6.32. The maximum absolute atomic E-state index is 13.3. The number of carbonyl (C=O) groups excluding carboxylic acids is 1. The predicted octanol–water partition coefficient (Wildman–Crippen LogP) is 5.00. The molecular formula is C27H32N4O3S. The highest BCUT2D eigenvalue weighted by Gasteiger charge is 2.19. The summed E-state index contributed by atoms with van der Waals surface area (Å²) in [5.41, 5.74) is 3.74. The van der Waals surface area contributed by atoms with Crippen molar-refractivity contribution in [1.82, 2.24) is 20.0 Å². The van der Waals surface area contributed by atoms with E-state index in [9.17, 15) is 13.2 Å². The molecule has 0 aliphatic heterocycles. The molecule has 8 heteroatoms. The molecule has 0 bridgehead atoms. The summed E-state index contributed by atoms with van der Waals surface area (Å²) >= 11 is 0. The second-order valence-corrected chi connectivity index (χ2v) is 10.6. The van der Waals surface area contributed by atoms with Crippen LogP contribution in [0.5, 0.6) is 0 Å². The number of nitrogens with zero attached hydrogens (tertiary/aromatic N) is 2. The van der Waals surface area contributed by atoms with Crippen molar-refractivity contribution in [3.63, 3.8) is 0 Å². The van der Waals surface area contributed by atoms with Crippen LogP contribution in [0, 0.1) is 0 Å². The second kappa shape index (κ2) is 11.6. The zero-order valence-corrected chi connectivity index (χ0v) is 20.9. The third-order valence-electron chi connectivity index (χ3n) is 6.23. The zero-order chi connectivity index (χ0) is 24.7. The topological polar surface area (TPSA) is 101 Å². The molecule has 2 aromatic heterocycles. The Bertz CT molecular complexity index is 1320. The Morgan fingerprint density at radius 3 is 2.74 bits per heavy atom. The van der Waals surface area contributed by atoms with Gasteiger partial charge in [-0.3, -0.25) is 9.78 Å². The standard InChI is InChI=1S/C27H32N4O3S/c1-2-3-15-30-35(33,34)22-11-12-25-23(17-22)24(18-26(31-25)21-10-7-14-28-19-21)27(32)29-16-13-20-8-5-4-6-9-20/h7-8,10-12,14,17-19,30H,2-6,9,13,15-16H2,1H3,(H,29,32). The number of aromatic nitrogens is 2. The Morgan fingerprint density at radius 1 is 1.11 bits per heavy atom. The van der Waals surface area contributed by atoms with E-state index in [0.29, 0.717) is 35.2 Å². The van der Waals surface area contributed by atoms with Gasteiger partial charge in [0.05, 0.1) is 21.7 Å². The van der Waals surface area contributed by atoms with Crippen LogP contribution in [0.25, 0.3) is 22.2 Å². The molecule has 0 atom stereocenters. The van der Waals surface area contributed by atoms with Gasteiger partial charge in [0, 0.05) is 36.4 Å². The summed E-state index contributed by atoms with van der Waals surface area (Å²) < 4.78 is 28.3. The van der Waals surface area contributed by atoms with Gasteiger partial charge >= 0.3 is 0 Å². The highest BCUT2D eigenvalue weighted by Crippen LogP contribution is 2.27. The zero-order valence-electron chi connectivity index (χ0n) is 20.1. The molecule has 0 radical (unpaired) electrons. The molecule has 1 aliphatic rings. The molecule has 3 aromatic rings. The largest absolute Gasteiger partial charge is 0.352 e. The van der Waals surface area contributed by atoms with Crippen LogP contribution in [0.15, 0.2) is 65.3 Å². The van der Waals surface area contributed by atoms with Crippen molar-refractivity contribution in [2.24, 2.45) is 0 Å². The number of rotatable bonds is 10. The number of benzene rings is 1. The fourth-order valence-corrected chi connectivity index (χ4v) is 5.35. The number of pyridine rings is 2. The maximum Gasteiger partial charge on any atom is 0.252 e. The lowest BCUT2D eigenvalue weighted by Crippen LogP contribution is -2.26. The summed E-state index contributed by atoms with van der Waals surface area (Å²) in [4.78, 5) is 22.3. The summed E-state index contributed by atoms with van der Waals surface area (Å²) in [5, 5.41) is 3.53. The van der Waals surface area contributed by atoms with E-state index < -0.39 is 10.0 Å². The lowest BCUT2D eigenvalue weighted by molar-refractivity contribution is 0.0955. The smallest absolute Gasteiger partial charge is 0.252 e. The molecule has 4 rings (SSSR count). The molecule has 7 nitrogen and oxygen atoms in total. The predicted molar refractivity (Wildman–Crippen MR) is 139 cm³/mol. The van der Waals surface area contributed by atoms with Crippen LogP contribution in [0.1, 0.15) is 62.2 Å². The first kappa shape index (κ1) is 25.0. The molecular weight excluding hydrogens is 460 g/mol. The number of allylic oxidation sites excluding steroid dienone is 1. The Morgan fingerprint density at radius 2 is 2.00 bits per heavy atom. The van der Waals surface area contributed by atoms with Gasteiger partial charge in [-0.15, -0.1) is 0 Å². The molecule has 0 saturated carbocycles. The number of nitrogens with one attached hydrogen (secondary N) is 2. The molecule has 1 aromatic carbocycles. The van der Waals surface area contributed by atoms with E-state index in [-0.39, 0.29) is 10.8 Å². The molecule has 0 fully saturated rings. The molecule has 0 unspecified atom stereocenters. The SMILES string of the molecule is CCCCNS(=O)(=O)c1ccc2nc(-c3cccnc3)cc(C(=O)NCCC3=CCCCC3)c2c1. The normalized spacial score (nSPS) is 14.0. The molecule has 1 aliphatic carbocycles. The Balaban J connectivity index is 1.68. The van der Waals surface area contributed by atoms with Gasteiger partial charge in [-0.2, -0.15) is 0 Å². The summed E-state index contributed by atoms with van der Waals surface area (Å²) in [6.07, 6.45) is 12.8. The summed E-state index contributed by atoms with van der Waals surface area (Å²) in [5.74, 6) is -0.243. The molecule has 0 spiro atoms. The molecule has 2 N–H and O–H groups in total. The quantitative estimate of drug-likeness (QED) is 0.307. The van der Waals surface area contributed by atoms with Crippen molar-refractivity contribution in [1.29, 1.82) is 0 Å². The Labute approximate surface area is 207 Å². The fraction of sp³-hybridized carbons (Fsp3) is 0.370. The van der Waals surface area contributed by atoms with Crippen molar-refractivity contribution in [2.45, 2.75) is 56.8 Å². The second-order valence-electron chi connectivity index (χ2n) is 8.84. The highest BCUT2D eigenvalue weighted by molar-refractivity contribution is 7.89. The van der Waals surface area contributed by atoms with Crippen molar-refractivity contribution >= 4 is 26.8 Å². The van der Waals surface area contributed by atoms with Crippen molar-refractivity contribution in [2.75, 3.05) is 13.1 Å². The van der Waals surface area contributed by atoms with E-state index >= 15 is 0 Å². The van der Waals surface area contributed by atoms with Crippen molar-refractivity contribution in [3.8, 4) is 11.3 Å². The first-order valence-corrected chi connectivity index (χ1v) is 13.8. The number of sulfonamides is 1. The minimum Gasteiger partial charge on any atom is -0.352 e. The molecule has 184 valence electrons. The first-order chi connectivity index (χ1) is 17.0. The van der Waals surface area contributed by atoms with Gasteiger partial charge in [-0.25, -0.2) is 18.1 Å². The molecule has 0 saturated heterocycles. The van der Waals surface area contributed by atoms with Crippen LogP contribution in [-0.4, -0.2) is 37.4 Å². The van der Waals surface area contributed by atoms with Crippen LogP contribution >= 0.6 is 0 Å². The average molecular weight is 493 g/mol. The van der Waals surface area contributed by atoms with E-state index in [1.807, 2.05) is 19.1 Å². The summed E-state index contributed by atoms with van der Waals surface area (Å²) in [6.45, 7) is 2.91.